The van der Waals surface area contributed by atoms with Crippen LogP contribution in [0.2, 0.25) is 0 Å². The van der Waals surface area contributed by atoms with E-state index in [1.54, 1.807) is 0 Å². The zero-order chi connectivity index (χ0) is 14.0. The lowest BCUT2D eigenvalue weighted by molar-refractivity contribution is 1.72. The van der Waals surface area contributed by atoms with Gasteiger partial charge in [-0.1, -0.05) is 48.5 Å². The third-order valence-corrected chi connectivity index (χ3v) is 4.52. The summed E-state index contributed by atoms with van der Waals surface area (Å²) < 4.78 is 0. The van der Waals surface area contributed by atoms with Gasteiger partial charge in [0.25, 0.3) is 0 Å². The summed E-state index contributed by atoms with van der Waals surface area (Å²) in [6.07, 6.45) is 0. The summed E-state index contributed by atoms with van der Waals surface area (Å²) in [5.74, 6) is 0. The van der Waals surface area contributed by atoms with Crippen LogP contribution in [0.1, 0.15) is 0 Å². The maximum atomic E-state index is 6.29. The first-order valence-corrected chi connectivity index (χ1v) is 7.18. The molecular formula is C20H13N. The van der Waals surface area contributed by atoms with E-state index in [4.69, 9.17) is 5.73 Å². The van der Waals surface area contributed by atoms with E-state index in [1.807, 2.05) is 6.07 Å². The largest absolute Gasteiger partial charge is 0.398 e. The number of hydrogen-bond acceptors (Lipinski definition) is 1. The van der Waals surface area contributed by atoms with Crippen LogP contribution in [0.4, 0.5) is 5.69 Å². The van der Waals surface area contributed by atoms with Crippen LogP contribution in [0.15, 0.2) is 66.7 Å². The number of nitrogen functional groups attached to an aromatic ring is 1. The van der Waals surface area contributed by atoms with E-state index >= 15 is 0 Å². The zero-order valence-corrected chi connectivity index (χ0v) is 11.4. The van der Waals surface area contributed by atoms with E-state index in [0.717, 1.165) is 5.69 Å². The second kappa shape index (κ2) is 3.64. The molecule has 0 bridgehead atoms. The van der Waals surface area contributed by atoms with Crippen LogP contribution in [0.5, 0.6) is 0 Å². The average Bonchev–Trinajstić information content (AvgIpc) is 2.85. The minimum Gasteiger partial charge on any atom is -0.398 e. The lowest BCUT2D eigenvalue weighted by Gasteiger charge is -2.07. The predicted octanol–water partition coefficient (Wildman–Crippen LogP) is 5.22. The Kier molecular flexibility index (Phi) is 1.90. The number of nitrogens with two attached hydrogens (primary N) is 1. The van der Waals surface area contributed by atoms with Gasteiger partial charge in [0.1, 0.15) is 0 Å². The highest BCUT2D eigenvalue weighted by Gasteiger charge is 2.23. The van der Waals surface area contributed by atoms with E-state index in [1.165, 1.54) is 43.8 Å². The molecule has 1 aliphatic rings. The fourth-order valence-corrected chi connectivity index (χ4v) is 3.58. The van der Waals surface area contributed by atoms with Crippen molar-refractivity contribution in [3.8, 4) is 22.3 Å². The van der Waals surface area contributed by atoms with Gasteiger partial charge < -0.3 is 5.73 Å². The standard InChI is InChI=1S/C20H13N/c21-18-9-8-12-6-3-7-15-16-10-13-4-1-2-5-14(13)11-17(16)20(18)19(12)15/h1-11H,21H2. The van der Waals surface area contributed by atoms with E-state index in [-0.39, 0.29) is 0 Å². The monoisotopic (exact) mass is 267 g/mol. The molecule has 0 spiro atoms. The van der Waals surface area contributed by atoms with Gasteiger partial charge in [0, 0.05) is 11.3 Å². The molecule has 0 aliphatic heterocycles. The molecular weight excluding hydrogens is 254 g/mol. The van der Waals surface area contributed by atoms with Crippen molar-refractivity contribution in [2.24, 2.45) is 0 Å². The fraction of sp³-hybridized carbons (Fsp3) is 0. The van der Waals surface area contributed by atoms with E-state index < -0.39 is 0 Å². The second-order valence-corrected chi connectivity index (χ2v) is 5.68. The Morgan fingerprint density at radius 2 is 1.29 bits per heavy atom. The van der Waals surface area contributed by atoms with Gasteiger partial charge in [-0.05, 0) is 56.4 Å². The Bertz CT molecular complexity index is 1040. The topological polar surface area (TPSA) is 26.0 Å². The van der Waals surface area contributed by atoms with Gasteiger partial charge in [0.15, 0.2) is 0 Å². The molecule has 1 aliphatic carbocycles. The van der Waals surface area contributed by atoms with Crippen molar-refractivity contribution in [2.75, 3.05) is 5.73 Å². The molecule has 98 valence electrons. The number of anilines is 1. The van der Waals surface area contributed by atoms with Crippen LogP contribution in [0.25, 0.3) is 43.8 Å². The summed E-state index contributed by atoms with van der Waals surface area (Å²) in [5, 5.41) is 5.10. The molecule has 0 fully saturated rings. The molecule has 21 heavy (non-hydrogen) atoms. The van der Waals surface area contributed by atoms with Gasteiger partial charge in [0.05, 0.1) is 0 Å². The van der Waals surface area contributed by atoms with Crippen molar-refractivity contribution in [1.29, 1.82) is 0 Å². The Hall–Kier alpha value is -2.80. The summed E-state index contributed by atoms with van der Waals surface area (Å²) in [6, 6.07) is 23.7. The minimum atomic E-state index is 0.865. The molecule has 5 rings (SSSR count). The highest BCUT2D eigenvalue weighted by molar-refractivity contribution is 6.20. The zero-order valence-electron chi connectivity index (χ0n) is 11.4. The van der Waals surface area contributed by atoms with Gasteiger partial charge in [-0.15, -0.1) is 0 Å². The number of hydrogen-bond donors (Lipinski definition) is 1. The molecule has 0 aromatic heterocycles. The van der Waals surface area contributed by atoms with Crippen molar-refractivity contribution in [3.05, 3.63) is 66.7 Å². The maximum Gasteiger partial charge on any atom is 0.0400 e. The van der Waals surface area contributed by atoms with Gasteiger partial charge >= 0.3 is 0 Å². The molecule has 0 amide bonds. The quantitative estimate of drug-likeness (QED) is 0.382. The molecule has 0 unspecified atom stereocenters. The van der Waals surface area contributed by atoms with Gasteiger partial charge in [-0.2, -0.15) is 0 Å². The minimum absolute atomic E-state index is 0.865. The smallest absolute Gasteiger partial charge is 0.0400 e. The van der Waals surface area contributed by atoms with E-state index in [9.17, 15) is 0 Å². The molecule has 4 aromatic rings. The Morgan fingerprint density at radius 1 is 0.571 bits per heavy atom. The third kappa shape index (κ3) is 1.30. The number of benzene rings is 4. The summed E-state index contributed by atoms with van der Waals surface area (Å²) in [4.78, 5) is 0. The molecule has 0 saturated carbocycles. The lowest BCUT2D eigenvalue weighted by atomic mass is 9.98. The number of fused-ring (bicyclic) bond motifs is 4. The molecule has 1 nitrogen and oxygen atoms in total. The van der Waals surface area contributed by atoms with Crippen LogP contribution >= 0.6 is 0 Å². The van der Waals surface area contributed by atoms with Crippen molar-refractivity contribution >= 4 is 27.2 Å². The van der Waals surface area contributed by atoms with Crippen LogP contribution in [-0.4, -0.2) is 0 Å². The summed E-state index contributed by atoms with van der Waals surface area (Å²) in [6.45, 7) is 0. The summed E-state index contributed by atoms with van der Waals surface area (Å²) in [7, 11) is 0. The molecule has 0 radical (unpaired) electrons. The van der Waals surface area contributed by atoms with Crippen LogP contribution in [0.3, 0.4) is 0 Å². The van der Waals surface area contributed by atoms with Crippen molar-refractivity contribution in [1.82, 2.24) is 0 Å². The van der Waals surface area contributed by atoms with Crippen molar-refractivity contribution in [3.63, 3.8) is 0 Å². The van der Waals surface area contributed by atoms with Crippen molar-refractivity contribution in [2.45, 2.75) is 0 Å². The first kappa shape index (κ1) is 10.9. The van der Waals surface area contributed by atoms with Crippen LogP contribution in [-0.2, 0) is 0 Å². The Balaban J connectivity index is 2.04. The highest BCUT2D eigenvalue weighted by atomic mass is 14.6. The summed E-state index contributed by atoms with van der Waals surface area (Å²) >= 11 is 0. The molecule has 4 aromatic carbocycles. The molecule has 2 N–H and O–H groups in total. The lowest BCUT2D eigenvalue weighted by Crippen LogP contribution is -1.88. The summed E-state index contributed by atoms with van der Waals surface area (Å²) in [5.41, 5.74) is 12.2. The third-order valence-electron chi connectivity index (χ3n) is 4.52. The number of rotatable bonds is 0. The Labute approximate surface area is 122 Å². The van der Waals surface area contributed by atoms with Gasteiger partial charge in [-0.3, -0.25) is 0 Å². The van der Waals surface area contributed by atoms with Crippen LogP contribution < -0.4 is 5.73 Å². The molecule has 0 atom stereocenters. The highest BCUT2D eigenvalue weighted by Crippen LogP contribution is 2.50. The first-order chi connectivity index (χ1) is 10.3. The molecule has 0 heterocycles. The van der Waals surface area contributed by atoms with E-state index in [2.05, 4.69) is 60.7 Å². The second-order valence-electron chi connectivity index (χ2n) is 5.68. The Morgan fingerprint density at radius 3 is 2.10 bits per heavy atom. The first-order valence-electron chi connectivity index (χ1n) is 7.18. The molecule has 1 heteroatoms. The maximum absolute atomic E-state index is 6.29. The predicted molar refractivity (Wildman–Crippen MR) is 90.3 cm³/mol. The molecule has 0 saturated heterocycles. The van der Waals surface area contributed by atoms with Gasteiger partial charge in [0.2, 0.25) is 0 Å². The van der Waals surface area contributed by atoms with Crippen molar-refractivity contribution < 1.29 is 0 Å². The normalized spacial score (nSPS) is 12.0. The fourth-order valence-electron chi connectivity index (χ4n) is 3.58. The van der Waals surface area contributed by atoms with E-state index in [0.29, 0.717) is 0 Å². The van der Waals surface area contributed by atoms with Crippen LogP contribution in [0, 0.1) is 0 Å². The van der Waals surface area contributed by atoms with Gasteiger partial charge in [-0.25, -0.2) is 0 Å². The SMILES string of the molecule is Nc1ccc2cccc3c2c1-c1cc2ccccc2cc1-3. The average molecular weight is 267 g/mol.